The summed E-state index contributed by atoms with van der Waals surface area (Å²) in [6.07, 6.45) is 0. The number of nitrogens with zero attached hydrogens (tertiary/aromatic N) is 1. The molecule has 0 bridgehead atoms. The molecule has 1 heterocycles. The van der Waals surface area contributed by atoms with Crippen molar-refractivity contribution < 1.29 is 9.47 Å². The lowest BCUT2D eigenvalue weighted by Gasteiger charge is -2.10. The van der Waals surface area contributed by atoms with Crippen molar-refractivity contribution in [1.82, 2.24) is 4.98 Å². The Morgan fingerprint density at radius 3 is 2.44 bits per heavy atom. The number of aromatic nitrogens is 1. The zero-order valence-electron chi connectivity index (χ0n) is 9.37. The maximum atomic E-state index is 6.15. The highest BCUT2D eigenvalue weighted by Crippen LogP contribution is 2.36. The summed E-state index contributed by atoms with van der Waals surface area (Å²) in [4.78, 5) is 4.43. The van der Waals surface area contributed by atoms with Crippen LogP contribution in [0.15, 0.2) is 18.2 Å². The van der Waals surface area contributed by atoms with E-state index in [1.54, 1.807) is 26.4 Å². The fourth-order valence-electron chi connectivity index (χ4n) is 1.69. The van der Waals surface area contributed by atoms with Crippen LogP contribution in [0.25, 0.3) is 10.9 Å². The fourth-order valence-corrected chi connectivity index (χ4v) is 1.93. The lowest BCUT2D eigenvalue weighted by molar-refractivity contribution is 0.414. The van der Waals surface area contributed by atoms with Crippen LogP contribution in [0.4, 0.5) is 0 Å². The number of hydrogen-bond donors (Lipinski definition) is 0. The van der Waals surface area contributed by atoms with Crippen molar-refractivity contribution in [2.75, 3.05) is 14.2 Å². The number of aryl methyl sites for hydroxylation is 1. The van der Waals surface area contributed by atoms with E-state index in [0.29, 0.717) is 16.5 Å². The molecule has 2 aromatic rings. The molecule has 0 aliphatic rings. The van der Waals surface area contributed by atoms with E-state index >= 15 is 0 Å². The molecule has 0 fully saturated rings. The summed E-state index contributed by atoms with van der Waals surface area (Å²) in [6.45, 7) is 1.91. The molecule has 84 valence electrons. The Hall–Kier alpha value is -1.48. The highest BCUT2D eigenvalue weighted by Gasteiger charge is 2.12. The second-order valence-electron chi connectivity index (χ2n) is 3.44. The van der Waals surface area contributed by atoms with Gasteiger partial charge < -0.3 is 9.47 Å². The highest BCUT2D eigenvalue weighted by atomic mass is 35.5. The maximum Gasteiger partial charge on any atom is 0.145 e. The van der Waals surface area contributed by atoms with Crippen molar-refractivity contribution in [2.24, 2.45) is 0 Å². The molecule has 0 amide bonds. The van der Waals surface area contributed by atoms with Crippen LogP contribution in [0.1, 0.15) is 5.69 Å². The van der Waals surface area contributed by atoms with Gasteiger partial charge in [-0.05, 0) is 19.1 Å². The van der Waals surface area contributed by atoms with Gasteiger partial charge in [0, 0.05) is 11.8 Å². The minimum absolute atomic E-state index is 0.611. The van der Waals surface area contributed by atoms with Crippen LogP contribution in [0.5, 0.6) is 11.5 Å². The van der Waals surface area contributed by atoms with Gasteiger partial charge in [0.1, 0.15) is 17.0 Å². The van der Waals surface area contributed by atoms with Gasteiger partial charge in [0.25, 0.3) is 0 Å². The second kappa shape index (κ2) is 4.18. The van der Waals surface area contributed by atoms with E-state index < -0.39 is 0 Å². The van der Waals surface area contributed by atoms with Gasteiger partial charge >= 0.3 is 0 Å². The first-order valence-electron chi connectivity index (χ1n) is 4.85. The molecule has 0 N–H and O–H groups in total. The third kappa shape index (κ3) is 1.67. The third-order valence-electron chi connectivity index (χ3n) is 2.40. The average Bonchev–Trinajstić information content (AvgIpc) is 2.28. The van der Waals surface area contributed by atoms with Crippen molar-refractivity contribution in [2.45, 2.75) is 6.92 Å². The van der Waals surface area contributed by atoms with Crippen molar-refractivity contribution in [3.05, 3.63) is 28.9 Å². The van der Waals surface area contributed by atoms with Crippen LogP contribution in [0.3, 0.4) is 0 Å². The molecule has 3 nitrogen and oxygen atoms in total. The molecule has 0 saturated heterocycles. The number of pyridine rings is 1. The smallest absolute Gasteiger partial charge is 0.145 e. The van der Waals surface area contributed by atoms with Crippen LogP contribution >= 0.6 is 11.6 Å². The number of halogens is 1. The zero-order valence-corrected chi connectivity index (χ0v) is 10.1. The predicted octanol–water partition coefficient (Wildman–Crippen LogP) is 3.21. The van der Waals surface area contributed by atoms with Crippen molar-refractivity contribution in [3.63, 3.8) is 0 Å². The molecule has 0 radical (unpaired) electrons. The van der Waals surface area contributed by atoms with Crippen LogP contribution in [-0.4, -0.2) is 19.2 Å². The first-order valence-corrected chi connectivity index (χ1v) is 5.23. The van der Waals surface area contributed by atoms with Gasteiger partial charge in [-0.2, -0.15) is 0 Å². The van der Waals surface area contributed by atoms with E-state index in [-0.39, 0.29) is 0 Å². The Morgan fingerprint density at radius 2 is 1.81 bits per heavy atom. The molecular weight excluding hydrogens is 226 g/mol. The van der Waals surface area contributed by atoms with Crippen LogP contribution < -0.4 is 9.47 Å². The van der Waals surface area contributed by atoms with E-state index in [1.165, 1.54) is 0 Å². The lowest BCUT2D eigenvalue weighted by atomic mass is 10.1. The lowest BCUT2D eigenvalue weighted by Crippen LogP contribution is -1.94. The molecule has 0 saturated carbocycles. The van der Waals surface area contributed by atoms with Crippen LogP contribution in [0.2, 0.25) is 5.02 Å². The molecular formula is C12H12ClNO2. The first-order chi connectivity index (χ1) is 7.67. The number of benzene rings is 1. The standard InChI is InChI=1S/C12H12ClNO2/c1-7-6-10(16-3)11-8(13)4-5-9(15-2)12(11)14-7/h4-6H,1-3H3. The topological polar surface area (TPSA) is 31.4 Å². The average molecular weight is 238 g/mol. The van der Waals surface area contributed by atoms with E-state index in [2.05, 4.69) is 4.98 Å². The van der Waals surface area contributed by atoms with E-state index in [0.717, 1.165) is 16.6 Å². The molecule has 0 aliphatic heterocycles. The molecule has 1 aromatic heterocycles. The highest BCUT2D eigenvalue weighted by molar-refractivity contribution is 6.36. The molecule has 1 aromatic carbocycles. The Kier molecular flexibility index (Phi) is 2.88. The summed E-state index contributed by atoms with van der Waals surface area (Å²) in [6, 6.07) is 5.44. The largest absolute Gasteiger partial charge is 0.496 e. The minimum Gasteiger partial charge on any atom is -0.496 e. The zero-order chi connectivity index (χ0) is 11.7. The molecule has 0 unspecified atom stereocenters. The second-order valence-corrected chi connectivity index (χ2v) is 3.85. The Labute approximate surface area is 99.0 Å². The SMILES string of the molecule is COc1ccc(Cl)c2c(OC)cc(C)nc12. The summed E-state index contributed by atoms with van der Waals surface area (Å²) in [7, 11) is 3.23. The molecule has 0 aliphatic carbocycles. The Bertz CT molecular complexity index is 540. The number of ether oxygens (including phenoxy) is 2. The number of rotatable bonds is 2. The molecule has 4 heteroatoms. The monoisotopic (exact) mass is 237 g/mol. The summed E-state index contributed by atoms with van der Waals surface area (Å²) < 4.78 is 10.6. The molecule has 2 rings (SSSR count). The Morgan fingerprint density at radius 1 is 1.12 bits per heavy atom. The molecule has 0 atom stereocenters. The first kappa shape index (κ1) is 11.0. The van der Waals surface area contributed by atoms with Gasteiger partial charge in [-0.15, -0.1) is 0 Å². The molecule has 16 heavy (non-hydrogen) atoms. The van der Waals surface area contributed by atoms with Gasteiger partial charge in [0.15, 0.2) is 0 Å². The van der Waals surface area contributed by atoms with E-state index in [9.17, 15) is 0 Å². The van der Waals surface area contributed by atoms with Gasteiger partial charge in [-0.1, -0.05) is 11.6 Å². The number of hydrogen-bond acceptors (Lipinski definition) is 3. The van der Waals surface area contributed by atoms with Gasteiger partial charge in [-0.25, -0.2) is 4.98 Å². The number of methoxy groups -OCH3 is 2. The maximum absolute atomic E-state index is 6.15. The number of fused-ring (bicyclic) bond motifs is 1. The summed E-state index contributed by atoms with van der Waals surface area (Å²) in [5, 5.41) is 1.40. The van der Waals surface area contributed by atoms with Crippen molar-refractivity contribution in [3.8, 4) is 11.5 Å². The molecule has 0 spiro atoms. The van der Waals surface area contributed by atoms with Crippen LogP contribution in [0, 0.1) is 6.92 Å². The fraction of sp³-hybridized carbons (Fsp3) is 0.250. The Balaban J connectivity index is 2.91. The summed E-state index contributed by atoms with van der Waals surface area (Å²) in [5.74, 6) is 1.41. The van der Waals surface area contributed by atoms with Crippen molar-refractivity contribution >= 4 is 22.5 Å². The van der Waals surface area contributed by atoms with Gasteiger partial charge in [0.05, 0.1) is 24.6 Å². The minimum atomic E-state index is 0.611. The van der Waals surface area contributed by atoms with E-state index in [1.807, 2.05) is 13.0 Å². The van der Waals surface area contributed by atoms with Gasteiger partial charge in [0.2, 0.25) is 0 Å². The van der Waals surface area contributed by atoms with E-state index in [4.69, 9.17) is 21.1 Å². The summed E-state index contributed by atoms with van der Waals surface area (Å²) in [5.41, 5.74) is 1.59. The quantitative estimate of drug-likeness (QED) is 0.804. The van der Waals surface area contributed by atoms with Gasteiger partial charge in [-0.3, -0.25) is 0 Å². The van der Waals surface area contributed by atoms with Crippen LogP contribution in [-0.2, 0) is 0 Å². The predicted molar refractivity (Wildman–Crippen MR) is 64.6 cm³/mol. The normalized spacial score (nSPS) is 10.5. The van der Waals surface area contributed by atoms with Crippen molar-refractivity contribution in [1.29, 1.82) is 0 Å². The third-order valence-corrected chi connectivity index (χ3v) is 2.72. The summed E-state index contributed by atoms with van der Waals surface area (Å²) >= 11 is 6.15.